The quantitative estimate of drug-likeness (QED) is 0.0672. The van der Waals surface area contributed by atoms with Crippen LogP contribution in [0.5, 0.6) is 34.5 Å². The van der Waals surface area contributed by atoms with E-state index in [-0.39, 0.29) is 987 Å². The first-order valence-corrected chi connectivity index (χ1v) is 28.5. The Balaban J connectivity index is -0.0000000373. The zero-order valence-corrected chi connectivity index (χ0v) is 152. The van der Waals surface area contributed by atoms with Gasteiger partial charge in [0.2, 0.25) is 0 Å². The fourth-order valence-corrected chi connectivity index (χ4v) is 11.0. The Morgan fingerprint density at radius 2 is 0.524 bits per heavy atom. The van der Waals surface area contributed by atoms with Crippen LogP contribution in [0.1, 0.15) is 84.4 Å². The first-order chi connectivity index (χ1) is 35.9. The van der Waals surface area contributed by atoms with Crippen molar-refractivity contribution in [2.75, 3.05) is 0 Å². The molecule has 0 aromatic heterocycles. The second-order valence-electron chi connectivity index (χ2n) is 21.3. The molecule has 3 aliphatic carbocycles. The Kier molecular flexibility index (Phi) is 210. The molecule has 3 aliphatic rings. The fraction of sp³-hybridized carbons (Fsp3) is 0.284. The molecule has 486 valence electrons. The van der Waals surface area contributed by atoms with Crippen molar-refractivity contribution in [3.63, 3.8) is 0 Å². The number of para-hydroxylation sites is 3. The van der Waals surface area contributed by atoms with Crippen LogP contribution in [-0.4, -0.2) is 0 Å². The minimum absolute atomic E-state index is 0. The summed E-state index contributed by atoms with van der Waals surface area (Å²) in [6.07, 6.45) is 23.1. The third-order valence-electron chi connectivity index (χ3n) is 14.8. The van der Waals surface area contributed by atoms with Gasteiger partial charge in [-0.15, -0.1) is 36.4 Å². The van der Waals surface area contributed by atoms with Gasteiger partial charge in [-0.1, -0.05) is 165 Å². The van der Waals surface area contributed by atoms with Crippen LogP contribution in [0.2, 0.25) is 0 Å². The molecule has 0 N–H and O–H groups in total. The van der Waals surface area contributed by atoms with E-state index in [4.69, 9.17) is 49.0 Å². The van der Waals surface area contributed by atoms with Gasteiger partial charge in [-0.2, -0.15) is 52.6 Å². The Labute approximate surface area is 1420 Å². The van der Waals surface area contributed by atoms with Crippen LogP contribution in [-0.2, 0) is 981 Å². The summed E-state index contributed by atoms with van der Waals surface area (Å²) in [6.45, 7) is 15.7. The second kappa shape index (κ2) is 113. The van der Waals surface area contributed by atoms with Gasteiger partial charge in [0.1, 0.15) is 21.7 Å². The topological polar surface area (TPSA) is 27.7 Å². The van der Waals surface area contributed by atoms with E-state index in [0.29, 0.717) is 50.8 Å². The molecule has 0 saturated heterocycles. The summed E-state index contributed by atoms with van der Waals surface area (Å²) >= 11 is 24.6. The summed E-state index contributed by atoms with van der Waals surface area (Å²) in [5, 5.41) is 0.892. The first kappa shape index (κ1) is 195. The van der Waals surface area contributed by atoms with Crippen molar-refractivity contribution in [1.82, 2.24) is 0 Å². The van der Waals surface area contributed by atoms with E-state index in [2.05, 4.69) is 160 Å². The van der Waals surface area contributed by atoms with Gasteiger partial charge < -0.3 is 33.5 Å². The molecule has 0 spiro atoms. The monoisotopic (exact) mass is 3850 g/mol. The van der Waals surface area contributed by atoms with Crippen molar-refractivity contribution in [3.8, 4) is 34.5 Å². The molecule has 0 aliphatic heterocycles. The van der Waals surface area contributed by atoms with Crippen molar-refractivity contribution in [1.29, 1.82) is 0 Å². The van der Waals surface area contributed by atoms with Crippen molar-refractivity contribution in [2.24, 2.45) is 51.8 Å². The predicted molar refractivity (Wildman–Crippen MR) is 323 cm³/mol. The van der Waals surface area contributed by atoms with Crippen LogP contribution >= 0.6 is 66.7 Å². The van der Waals surface area contributed by atoms with Crippen LogP contribution in [0.4, 0.5) is 0 Å². The van der Waals surface area contributed by atoms with Crippen LogP contribution in [0, 0.1) is 90.3 Å². The zero-order chi connectivity index (χ0) is 53.6. The molecule has 6 aromatic carbocycles. The third kappa shape index (κ3) is 81.4. The number of allylic oxidation sites excluding steroid dienone is 4. The average Bonchev–Trinajstić information content (AvgIpc) is 1.63. The zero-order valence-electron chi connectivity index (χ0n) is 61.3. The van der Waals surface area contributed by atoms with E-state index in [9.17, 15) is 0 Å². The van der Waals surface area contributed by atoms with Gasteiger partial charge in [0, 0.05) is 986 Å². The maximum absolute atomic E-state index is 6.04. The molecular weight excluding hydrogens is 3790 g/mol. The van der Waals surface area contributed by atoms with E-state index >= 15 is 0 Å². The van der Waals surface area contributed by atoms with Gasteiger partial charge in [-0.25, -0.2) is 38.5 Å². The number of rotatable bonds is 21. The summed E-state index contributed by atoms with van der Waals surface area (Å²) in [4.78, 5) is 0. The minimum Gasteiger partial charge on any atom is -0.470 e. The molecule has 3 fully saturated rings. The van der Waals surface area contributed by atoms with E-state index in [1.807, 2.05) is 140 Å². The standard InChI is InChI=1S/C23H25ClO.C22H22Br2O.C22H22Cl2O.30Y/c1-17(24)15-22-21(23(22,2)3)14-8-10-18-9-7-13-20(16-18)25-19-11-5-4-6-12-19;2*1-22(2)19(20(22)15-21(23)24)13-7-9-16-8-6-12-18(14-16)25-17-10-4-3-5-11-17;;;;;;;;;;;;;;;;;;;;;;;;;;;;;;/h4-7,9-16,21-22H,8H2,1-3H3;2*3-6,8-15,19-20H,7H2,1-2H3;;;;;;;;;;;;;;;;;;;;;;;;;;;;;;/q3*-2;;;;;;;;;;;;;;;;;;;;;;;;;;;;;;/b17-15-;;;;;;;;;;;;;;;;;;;;;;;;;;;;;;;;. The smallest absolute Gasteiger partial charge is 0.125 e. The summed E-state index contributed by atoms with van der Waals surface area (Å²) in [5.41, 5.74) is 4.44. The minimum atomic E-state index is 0. The van der Waals surface area contributed by atoms with Crippen LogP contribution < -0.4 is 14.2 Å². The third-order valence-corrected chi connectivity index (χ3v) is 15.7. The van der Waals surface area contributed by atoms with E-state index < -0.39 is 0 Å². The van der Waals surface area contributed by atoms with E-state index in [1.165, 1.54) is 11.1 Å². The van der Waals surface area contributed by atoms with E-state index in [1.54, 1.807) is 0 Å². The van der Waals surface area contributed by atoms with Crippen molar-refractivity contribution >= 4 is 66.7 Å². The molecule has 9 rings (SSSR count). The van der Waals surface area contributed by atoms with Crippen LogP contribution in [0.15, 0.2) is 195 Å². The number of hydrogen-bond donors (Lipinski definition) is 0. The molecule has 38 heteroatoms. The van der Waals surface area contributed by atoms with E-state index in [0.717, 1.165) is 67.7 Å². The number of hydrogen-bond acceptors (Lipinski definition) is 3. The van der Waals surface area contributed by atoms with Gasteiger partial charge in [0.25, 0.3) is 0 Å². The Bertz CT molecular complexity index is 2600. The Morgan fingerprint density at radius 1 is 0.314 bits per heavy atom. The second-order valence-corrected chi connectivity index (χ2v) is 25.7. The molecule has 3 saturated carbocycles. The van der Waals surface area contributed by atoms with Gasteiger partial charge in [0.15, 0.2) is 0 Å². The number of benzene rings is 6. The SMILES string of the molecule is C/C(Cl)=C/C1C([CH-]C[CH-]c2cccc(Oc3ccccc3)c2)C1(C)C.CC1(C)C(C=C(Br)Br)C1[CH-]C[CH-]c1cccc(Oc2ccccc2)c1.CC1(C)C(C=C(Cl)Cl)C1[CH-]C[CH-]c1cccc(Oc2ccccc2)c1.[Y].[Y].[Y].[Y].[Y].[Y].[Y].[Y].[Y].[Y].[Y].[Y].[Y].[Y].[Y].[Y].[Y].[Y].[Y].[Y].[Y].[Y].[Y].[Y].[Y].[Y].[Y].[Y].[Y].[Y]. The van der Waals surface area contributed by atoms with Gasteiger partial charge in [-0.3, -0.25) is 0 Å². The molecular formula is C67H69Br2Cl3O3Y30-6. The average molecular weight is 3860 g/mol. The molecule has 105 heavy (non-hydrogen) atoms. The number of ether oxygens (including phenoxy) is 3. The molecule has 0 heterocycles. The molecule has 6 atom stereocenters. The molecule has 6 unspecified atom stereocenters. The Hall–Kier alpha value is 28.5. The van der Waals surface area contributed by atoms with Crippen LogP contribution in [0.25, 0.3) is 0 Å². The fourth-order valence-electron chi connectivity index (χ4n) is 10.0. The maximum atomic E-state index is 6.04. The van der Waals surface area contributed by atoms with Crippen LogP contribution in [0.3, 0.4) is 0 Å². The Morgan fingerprint density at radius 3 is 0.733 bits per heavy atom. The largest absolute Gasteiger partial charge is 0.470 e. The van der Waals surface area contributed by atoms with Gasteiger partial charge in [-0.05, 0) is 111 Å². The number of halogens is 5. The molecule has 30 radical (unpaired) electrons. The van der Waals surface area contributed by atoms with Crippen molar-refractivity contribution in [2.45, 2.75) is 67.7 Å². The summed E-state index contributed by atoms with van der Waals surface area (Å²) < 4.78 is 19.1. The van der Waals surface area contributed by atoms with Crippen molar-refractivity contribution in [3.05, 3.63) is 250 Å². The summed E-state index contributed by atoms with van der Waals surface area (Å²) in [7, 11) is 0. The van der Waals surface area contributed by atoms with Crippen molar-refractivity contribution < 1.29 is 995 Å². The molecule has 3 nitrogen and oxygen atoms in total. The first-order valence-electron chi connectivity index (χ1n) is 25.8. The maximum Gasteiger partial charge on any atom is 0.125 e. The van der Waals surface area contributed by atoms with Gasteiger partial charge in [0.05, 0.1) is 20.6 Å². The summed E-state index contributed by atoms with van der Waals surface area (Å²) in [5.74, 6) is 8.48. The molecule has 6 aromatic rings. The molecule has 0 bridgehead atoms. The molecule has 0 amide bonds. The van der Waals surface area contributed by atoms with Gasteiger partial charge >= 0.3 is 0 Å². The normalized spacial score (nSPS) is 15.0. The predicted octanol–water partition coefficient (Wildman–Crippen LogP) is 21.7. The summed E-state index contributed by atoms with van der Waals surface area (Å²) in [6, 6.07) is 54.2.